The molecule has 6 heteroatoms. The molecular weight excluding hydrogens is 392 g/mol. The minimum Gasteiger partial charge on any atom is -0.453 e. The Morgan fingerprint density at radius 3 is 2.87 bits per heavy atom. The second kappa shape index (κ2) is 10.7. The van der Waals surface area contributed by atoms with E-state index in [0.717, 1.165) is 48.3 Å². The van der Waals surface area contributed by atoms with E-state index in [9.17, 15) is 0 Å². The van der Waals surface area contributed by atoms with Crippen LogP contribution in [0.25, 0.3) is 0 Å². The van der Waals surface area contributed by atoms with Crippen LogP contribution in [-0.4, -0.2) is 28.2 Å². The molecule has 1 heterocycles. The lowest BCUT2D eigenvalue weighted by molar-refractivity contribution is 0.155. The van der Waals surface area contributed by atoms with Gasteiger partial charge in [0, 0.05) is 27.8 Å². The third-order valence-corrected chi connectivity index (χ3v) is 6.18. The van der Waals surface area contributed by atoms with Crippen LogP contribution in [0.5, 0.6) is 0 Å². The number of ether oxygens (including phenoxy) is 1. The largest absolute Gasteiger partial charge is 0.453 e. The van der Waals surface area contributed by atoms with E-state index in [4.69, 9.17) is 15.1 Å². The van der Waals surface area contributed by atoms with Gasteiger partial charge in [-0.1, -0.05) is 50.3 Å². The maximum absolute atomic E-state index is 8.36. The average Bonchev–Trinajstić information content (AvgIpc) is 2.98. The van der Waals surface area contributed by atoms with Crippen LogP contribution in [0.15, 0.2) is 53.1 Å². The van der Waals surface area contributed by atoms with Crippen molar-refractivity contribution in [2.75, 3.05) is 7.05 Å². The summed E-state index contributed by atoms with van der Waals surface area (Å²) in [5.41, 5.74) is 3.42. The van der Waals surface area contributed by atoms with Gasteiger partial charge in [-0.25, -0.2) is 4.98 Å². The SMILES string of the molecule is CNC(OC(=N)C1=CC=CCC1)c1nc(C2C=CC(SC(C)C)=CCC2)cnc1C. The van der Waals surface area contributed by atoms with Gasteiger partial charge in [-0.3, -0.25) is 15.7 Å². The van der Waals surface area contributed by atoms with Gasteiger partial charge in [-0.05, 0) is 39.7 Å². The maximum Gasteiger partial charge on any atom is 0.211 e. The van der Waals surface area contributed by atoms with Crippen LogP contribution in [0.2, 0.25) is 0 Å². The molecule has 0 saturated carbocycles. The molecule has 2 atom stereocenters. The van der Waals surface area contributed by atoms with Crippen LogP contribution in [-0.2, 0) is 4.74 Å². The number of hydrogen-bond acceptors (Lipinski definition) is 6. The van der Waals surface area contributed by atoms with Gasteiger partial charge in [0.05, 0.1) is 11.4 Å². The fourth-order valence-electron chi connectivity index (χ4n) is 3.53. The summed E-state index contributed by atoms with van der Waals surface area (Å²) in [5.74, 6) is 0.417. The molecule has 3 rings (SSSR count). The molecule has 0 spiro atoms. The molecule has 160 valence electrons. The van der Waals surface area contributed by atoms with Crippen LogP contribution < -0.4 is 5.32 Å². The highest BCUT2D eigenvalue weighted by Gasteiger charge is 2.22. The van der Waals surface area contributed by atoms with Gasteiger partial charge in [-0.2, -0.15) is 0 Å². The smallest absolute Gasteiger partial charge is 0.211 e. The van der Waals surface area contributed by atoms with Crippen molar-refractivity contribution in [2.24, 2.45) is 0 Å². The van der Waals surface area contributed by atoms with Crippen LogP contribution in [0.4, 0.5) is 0 Å². The Morgan fingerprint density at radius 1 is 1.33 bits per heavy atom. The highest BCUT2D eigenvalue weighted by Crippen LogP contribution is 2.31. The minimum atomic E-state index is -0.503. The second-order valence-electron chi connectivity index (χ2n) is 7.86. The third-order valence-electron chi connectivity index (χ3n) is 5.13. The van der Waals surface area contributed by atoms with Gasteiger partial charge in [0.25, 0.3) is 0 Å². The second-order valence-corrected chi connectivity index (χ2v) is 9.51. The summed E-state index contributed by atoms with van der Waals surface area (Å²) in [6.45, 7) is 6.37. The number of aromatic nitrogens is 2. The summed E-state index contributed by atoms with van der Waals surface area (Å²) in [6.07, 6.45) is 18.0. The van der Waals surface area contributed by atoms with Crippen LogP contribution in [0.3, 0.4) is 0 Å². The Hall–Kier alpha value is -2.18. The Labute approximate surface area is 184 Å². The molecule has 0 fully saturated rings. The first-order valence-electron chi connectivity index (χ1n) is 10.6. The Bertz CT molecular complexity index is 885. The van der Waals surface area contributed by atoms with E-state index in [-0.39, 0.29) is 11.8 Å². The molecule has 0 amide bonds. The number of nitrogens with zero attached hydrogens (tertiary/aromatic N) is 2. The molecule has 0 radical (unpaired) electrons. The van der Waals surface area contributed by atoms with Crippen LogP contribution >= 0.6 is 11.8 Å². The summed E-state index contributed by atoms with van der Waals surface area (Å²) in [6, 6.07) is 0. The molecule has 2 aliphatic carbocycles. The minimum absolute atomic E-state index is 0.194. The normalized spacial score (nSPS) is 19.8. The van der Waals surface area contributed by atoms with Gasteiger partial charge in [-0.15, -0.1) is 11.8 Å². The van der Waals surface area contributed by atoms with Crippen LogP contribution in [0.1, 0.15) is 68.8 Å². The fraction of sp³-hybridized carbons (Fsp3) is 0.458. The predicted octanol–water partition coefficient (Wildman–Crippen LogP) is 5.73. The van der Waals surface area contributed by atoms with Crippen molar-refractivity contribution >= 4 is 17.7 Å². The van der Waals surface area contributed by atoms with Crippen molar-refractivity contribution in [3.05, 3.63) is 70.2 Å². The number of aryl methyl sites for hydroxylation is 1. The van der Waals surface area contributed by atoms with E-state index in [1.165, 1.54) is 4.91 Å². The van der Waals surface area contributed by atoms with Gasteiger partial charge in [0.2, 0.25) is 5.90 Å². The molecule has 0 saturated heterocycles. The van der Waals surface area contributed by atoms with Crippen molar-refractivity contribution < 1.29 is 4.74 Å². The first-order valence-corrected chi connectivity index (χ1v) is 11.5. The van der Waals surface area contributed by atoms with E-state index in [0.29, 0.717) is 5.25 Å². The third kappa shape index (κ3) is 5.92. The van der Waals surface area contributed by atoms with Crippen molar-refractivity contribution in [3.8, 4) is 0 Å². The molecule has 0 aromatic carbocycles. The summed E-state index contributed by atoms with van der Waals surface area (Å²) in [4.78, 5) is 10.9. The zero-order chi connectivity index (χ0) is 21.5. The van der Waals surface area contributed by atoms with Gasteiger partial charge < -0.3 is 4.74 Å². The quantitative estimate of drug-likeness (QED) is 0.332. The van der Waals surface area contributed by atoms with Gasteiger partial charge in [0.1, 0.15) is 5.69 Å². The van der Waals surface area contributed by atoms with Gasteiger partial charge >= 0.3 is 0 Å². The first-order chi connectivity index (χ1) is 14.5. The molecule has 2 unspecified atom stereocenters. The maximum atomic E-state index is 8.36. The molecule has 1 aromatic heterocycles. The van der Waals surface area contributed by atoms with Crippen molar-refractivity contribution in [1.82, 2.24) is 15.3 Å². The molecule has 30 heavy (non-hydrogen) atoms. The van der Waals surface area contributed by atoms with Gasteiger partial charge in [0.15, 0.2) is 6.23 Å². The van der Waals surface area contributed by atoms with E-state index < -0.39 is 6.23 Å². The average molecular weight is 425 g/mol. The van der Waals surface area contributed by atoms with E-state index in [1.54, 1.807) is 0 Å². The van der Waals surface area contributed by atoms with Crippen molar-refractivity contribution in [3.63, 3.8) is 0 Å². The summed E-state index contributed by atoms with van der Waals surface area (Å²) in [7, 11) is 1.83. The zero-order valence-corrected chi connectivity index (χ0v) is 19.1. The lowest BCUT2D eigenvalue weighted by Gasteiger charge is -2.22. The molecular formula is C24H32N4OS. The summed E-state index contributed by atoms with van der Waals surface area (Å²) in [5, 5.41) is 12.1. The summed E-state index contributed by atoms with van der Waals surface area (Å²) >= 11 is 1.89. The van der Waals surface area contributed by atoms with E-state index in [1.807, 2.05) is 44.1 Å². The van der Waals surface area contributed by atoms with Crippen molar-refractivity contribution in [1.29, 1.82) is 5.41 Å². The number of hydrogen-bond donors (Lipinski definition) is 2. The number of allylic oxidation sites excluding steroid dienone is 6. The molecule has 0 bridgehead atoms. The van der Waals surface area contributed by atoms with Crippen molar-refractivity contribution in [2.45, 2.75) is 63.9 Å². The summed E-state index contributed by atoms with van der Waals surface area (Å²) < 4.78 is 5.97. The predicted molar refractivity (Wildman–Crippen MR) is 126 cm³/mol. The molecule has 1 aromatic rings. The number of nitrogens with one attached hydrogen (secondary N) is 2. The van der Waals surface area contributed by atoms with Crippen LogP contribution in [0, 0.1) is 12.3 Å². The Morgan fingerprint density at radius 2 is 2.17 bits per heavy atom. The number of rotatable bonds is 7. The fourth-order valence-corrected chi connectivity index (χ4v) is 4.44. The van der Waals surface area contributed by atoms with E-state index >= 15 is 0 Å². The first kappa shape index (κ1) is 22.5. The Kier molecular flexibility index (Phi) is 8.05. The topological polar surface area (TPSA) is 70.9 Å². The lowest BCUT2D eigenvalue weighted by atomic mass is 10.00. The zero-order valence-electron chi connectivity index (χ0n) is 18.3. The lowest BCUT2D eigenvalue weighted by Crippen LogP contribution is -2.26. The van der Waals surface area contributed by atoms with E-state index in [2.05, 4.69) is 48.5 Å². The molecule has 5 nitrogen and oxygen atoms in total. The highest BCUT2D eigenvalue weighted by atomic mass is 32.2. The molecule has 0 aliphatic heterocycles. The molecule has 2 aliphatic rings. The highest BCUT2D eigenvalue weighted by molar-refractivity contribution is 8.03. The monoisotopic (exact) mass is 424 g/mol. The standard InChI is InChI=1S/C24H32N4OS/c1-16(2)30-20-12-8-11-18(13-14-20)21-15-27-17(3)22(28-21)24(26-4)29-23(25)19-9-6-5-7-10-19/h5-6,9,12-16,18,24-26H,7-8,10-11H2,1-4H3. The number of thioether (sulfide) groups is 1. The Balaban J connectivity index is 1.77. The molecule has 2 N–H and O–H groups in total.